The number of likely N-dealkylation sites (N-methyl/N-ethyl adjacent to an activating group) is 2. The Labute approximate surface area is 126 Å². The van der Waals surface area contributed by atoms with Crippen LogP contribution >= 0.6 is 11.3 Å². The molecule has 118 valence electrons. The van der Waals surface area contributed by atoms with Crippen molar-refractivity contribution in [2.45, 2.75) is 13.1 Å². The third kappa shape index (κ3) is 7.29. The highest BCUT2D eigenvalue weighted by Gasteiger charge is 2.29. The van der Waals surface area contributed by atoms with Crippen LogP contribution in [-0.2, 0) is 4.79 Å². The van der Waals surface area contributed by atoms with Gasteiger partial charge in [-0.2, -0.15) is 13.2 Å². The predicted octanol–water partition coefficient (Wildman–Crippen LogP) is 3.10. The van der Waals surface area contributed by atoms with Gasteiger partial charge in [0.15, 0.2) is 0 Å². The second-order valence-electron chi connectivity index (χ2n) is 4.62. The average molecular weight is 320 g/mol. The minimum absolute atomic E-state index is 0.186. The molecule has 0 unspecified atom stereocenters. The van der Waals surface area contributed by atoms with Gasteiger partial charge in [-0.05, 0) is 31.5 Å². The van der Waals surface area contributed by atoms with Crippen molar-refractivity contribution in [1.82, 2.24) is 9.80 Å². The van der Waals surface area contributed by atoms with Crippen molar-refractivity contribution in [2.75, 3.05) is 33.2 Å². The first kappa shape index (κ1) is 17.7. The second kappa shape index (κ2) is 8.19. The number of nitrogens with zero attached hydrogens (tertiary/aromatic N) is 2. The average Bonchev–Trinajstić information content (AvgIpc) is 2.88. The summed E-state index contributed by atoms with van der Waals surface area (Å²) in [6.07, 6.45) is -1.04. The standard InChI is InChI=1S/C14H19F3N2OS/c1-3-19(9-8-18(2)11-14(15,16)17)13(20)7-6-12-5-4-10-21-12/h4-7,10H,3,8-9,11H2,1-2H3/b7-6+. The lowest BCUT2D eigenvalue weighted by Crippen LogP contribution is -2.39. The number of halogens is 3. The molecule has 0 radical (unpaired) electrons. The molecule has 0 fully saturated rings. The summed E-state index contributed by atoms with van der Waals surface area (Å²) >= 11 is 1.52. The van der Waals surface area contributed by atoms with E-state index >= 15 is 0 Å². The van der Waals surface area contributed by atoms with Crippen LogP contribution in [0.2, 0.25) is 0 Å². The van der Waals surface area contributed by atoms with E-state index in [1.807, 2.05) is 17.5 Å². The quantitative estimate of drug-likeness (QED) is 0.721. The van der Waals surface area contributed by atoms with Gasteiger partial charge in [0.25, 0.3) is 0 Å². The monoisotopic (exact) mass is 320 g/mol. The summed E-state index contributed by atoms with van der Waals surface area (Å²) in [7, 11) is 1.40. The number of thiophene rings is 1. The molecule has 3 nitrogen and oxygen atoms in total. The van der Waals surface area contributed by atoms with Crippen molar-refractivity contribution in [3.05, 3.63) is 28.5 Å². The lowest BCUT2D eigenvalue weighted by atomic mass is 10.3. The van der Waals surface area contributed by atoms with Crippen LogP contribution in [0.5, 0.6) is 0 Å². The van der Waals surface area contributed by atoms with Crippen molar-refractivity contribution < 1.29 is 18.0 Å². The molecule has 21 heavy (non-hydrogen) atoms. The third-order valence-corrected chi connectivity index (χ3v) is 3.67. The molecule has 0 saturated carbocycles. The minimum atomic E-state index is -4.21. The van der Waals surface area contributed by atoms with Crippen molar-refractivity contribution in [2.24, 2.45) is 0 Å². The molecule has 0 N–H and O–H groups in total. The number of carbonyl (C=O) groups is 1. The summed E-state index contributed by atoms with van der Waals surface area (Å²) in [6, 6.07) is 3.78. The van der Waals surface area contributed by atoms with Crippen LogP contribution in [-0.4, -0.2) is 55.1 Å². The van der Waals surface area contributed by atoms with Crippen LogP contribution in [0.4, 0.5) is 13.2 Å². The van der Waals surface area contributed by atoms with E-state index in [1.54, 1.807) is 13.0 Å². The van der Waals surface area contributed by atoms with Crippen molar-refractivity contribution in [3.63, 3.8) is 0 Å². The Kier molecular flexibility index (Phi) is 6.91. The maximum absolute atomic E-state index is 12.2. The largest absolute Gasteiger partial charge is 0.401 e. The molecule has 1 rings (SSSR count). The Balaban J connectivity index is 2.45. The number of carbonyl (C=O) groups excluding carboxylic acids is 1. The Hall–Kier alpha value is -1.34. The zero-order chi connectivity index (χ0) is 15.9. The summed E-state index contributed by atoms with van der Waals surface area (Å²) in [5.74, 6) is -0.189. The van der Waals surface area contributed by atoms with Gasteiger partial charge in [0.1, 0.15) is 0 Å². The smallest absolute Gasteiger partial charge is 0.338 e. The molecule has 7 heteroatoms. The van der Waals surface area contributed by atoms with Crippen molar-refractivity contribution in [3.8, 4) is 0 Å². The normalized spacial score (nSPS) is 12.3. The zero-order valence-corrected chi connectivity index (χ0v) is 12.9. The molecule has 0 spiro atoms. The second-order valence-corrected chi connectivity index (χ2v) is 5.60. The van der Waals surface area contributed by atoms with Gasteiger partial charge >= 0.3 is 6.18 Å². The van der Waals surface area contributed by atoms with E-state index in [1.165, 1.54) is 34.3 Å². The molecule has 0 aliphatic heterocycles. The fourth-order valence-corrected chi connectivity index (χ4v) is 2.36. The molecule has 0 aromatic carbocycles. The maximum atomic E-state index is 12.2. The lowest BCUT2D eigenvalue weighted by molar-refractivity contribution is -0.143. The van der Waals surface area contributed by atoms with Gasteiger partial charge in [0, 0.05) is 30.6 Å². The van der Waals surface area contributed by atoms with E-state index in [-0.39, 0.29) is 19.0 Å². The highest BCUT2D eigenvalue weighted by atomic mass is 32.1. The van der Waals surface area contributed by atoms with Crippen LogP contribution in [0, 0.1) is 0 Å². The van der Waals surface area contributed by atoms with Gasteiger partial charge in [0.05, 0.1) is 6.54 Å². The highest BCUT2D eigenvalue weighted by Crippen LogP contribution is 2.15. The van der Waals surface area contributed by atoms with Crippen LogP contribution in [0.1, 0.15) is 11.8 Å². The van der Waals surface area contributed by atoms with Crippen molar-refractivity contribution in [1.29, 1.82) is 0 Å². The summed E-state index contributed by atoms with van der Waals surface area (Å²) in [5, 5.41) is 1.91. The van der Waals surface area contributed by atoms with Crippen LogP contribution in [0.3, 0.4) is 0 Å². The van der Waals surface area contributed by atoms with Crippen LogP contribution in [0.15, 0.2) is 23.6 Å². The van der Waals surface area contributed by atoms with Crippen LogP contribution in [0.25, 0.3) is 6.08 Å². The molecule has 0 aliphatic rings. The zero-order valence-electron chi connectivity index (χ0n) is 12.1. The maximum Gasteiger partial charge on any atom is 0.401 e. The number of hydrogen-bond acceptors (Lipinski definition) is 3. The number of hydrogen-bond donors (Lipinski definition) is 0. The summed E-state index contributed by atoms with van der Waals surface area (Å²) in [5.41, 5.74) is 0. The Morgan fingerprint density at radius 1 is 1.38 bits per heavy atom. The van der Waals surface area contributed by atoms with E-state index in [9.17, 15) is 18.0 Å². The Bertz CT molecular complexity index is 457. The molecule has 0 saturated heterocycles. The fraction of sp³-hybridized carbons (Fsp3) is 0.500. The molecule has 0 atom stereocenters. The summed E-state index contributed by atoms with van der Waals surface area (Å²) in [4.78, 5) is 15.6. The van der Waals surface area contributed by atoms with Gasteiger partial charge < -0.3 is 4.90 Å². The van der Waals surface area contributed by atoms with Gasteiger partial charge in [0.2, 0.25) is 5.91 Å². The third-order valence-electron chi connectivity index (χ3n) is 2.83. The van der Waals surface area contributed by atoms with Gasteiger partial charge in [-0.15, -0.1) is 11.3 Å². The first-order valence-electron chi connectivity index (χ1n) is 6.57. The van der Waals surface area contributed by atoms with E-state index < -0.39 is 12.7 Å². The van der Waals surface area contributed by atoms with Crippen molar-refractivity contribution >= 4 is 23.3 Å². The topological polar surface area (TPSA) is 23.6 Å². The number of rotatable bonds is 7. The van der Waals surface area contributed by atoms with E-state index in [2.05, 4.69) is 0 Å². The lowest BCUT2D eigenvalue weighted by Gasteiger charge is -2.24. The number of amides is 1. The Morgan fingerprint density at radius 3 is 2.62 bits per heavy atom. The van der Waals surface area contributed by atoms with E-state index in [0.29, 0.717) is 6.54 Å². The SMILES string of the molecule is CCN(CCN(C)CC(F)(F)F)C(=O)/C=C/c1cccs1. The molecule has 0 aliphatic carbocycles. The Morgan fingerprint density at radius 2 is 2.10 bits per heavy atom. The predicted molar refractivity (Wildman–Crippen MR) is 79.2 cm³/mol. The molecule has 1 amide bonds. The minimum Gasteiger partial charge on any atom is -0.338 e. The fourth-order valence-electron chi connectivity index (χ4n) is 1.75. The van der Waals surface area contributed by atoms with Gasteiger partial charge in [-0.3, -0.25) is 9.69 Å². The first-order valence-corrected chi connectivity index (χ1v) is 7.45. The highest BCUT2D eigenvalue weighted by molar-refractivity contribution is 7.10. The van der Waals surface area contributed by atoms with Gasteiger partial charge in [-0.25, -0.2) is 0 Å². The number of alkyl halides is 3. The first-order chi connectivity index (χ1) is 9.81. The molecule has 1 aromatic rings. The molecule has 1 heterocycles. The van der Waals surface area contributed by atoms with Gasteiger partial charge in [-0.1, -0.05) is 6.07 Å². The summed E-state index contributed by atoms with van der Waals surface area (Å²) in [6.45, 7) is 1.76. The summed E-state index contributed by atoms with van der Waals surface area (Å²) < 4.78 is 36.6. The molecule has 1 aromatic heterocycles. The van der Waals surface area contributed by atoms with E-state index in [4.69, 9.17) is 0 Å². The molecule has 0 bridgehead atoms. The molecular formula is C14H19F3N2OS. The van der Waals surface area contributed by atoms with Crippen LogP contribution < -0.4 is 0 Å². The molecular weight excluding hydrogens is 301 g/mol. The van der Waals surface area contributed by atoms with E-state index in [0.717, 1.165) is 4.88 Å².